The van der Waals surface area contributed by atoms with Gasteiger partial charge in [-0.25, -0.2) is 4.99 Å². The van der Waals surface area contributed by atoms with Crippen LogP contribution in [0.1, 0.15) is 70.1 Å². The molecular weight excluding hydrogens is 468 g/mol. The van der Waals surface area contributed by atoms with Gasteiger partial charge in [-0.2, -0.15) is 0 Å². The average molecular weight is 503 g/mol. The molecule has 1 amide bonds. The highest BCUT2D eigenvalue weighted by atomic mass is 32.1. The van der Waals surface area contributed by atoms with Gasteiger partial charge in [0.1, 0.15) is 11.6 Å². The van der Waals surface area contributed by atoms with Gasteiger partial charge in [-0.3, -0.25) is 4.79 Å². The molecule has 1 heterocycles. The first-order valence-electron chi connectivity index (χ1n) is 12.9. The van der Waals surface area contributed by atoms with E-state index in [1.165, 1.54) is 22.4 Å². The van der Waals surface area contributed by atoms with Gasteiger partial charge in [-0.15, -0.1) is 11.3 Å². The Morgan fingerprint density at radius 3 is 2.67 bits per heavy atom. The van der Waals surface area contributed by atoms with Gasteiger partial charge in [-0.1, -0.05) is 43.2 Å². The smallest absolute Gasteiger partial charge is 0.254 e. The van der Waals surface area contributed by atoms with Crippen LogP contribution in [0.5, 0.6) is 11.5 Å². The number of carbonyl (C=O) groups excluding carboxylic acids is 1. The zero-order chi connectivity index (χ0) is 25.1. The number of ether oxygens (including phenoxy) is 2. The molecule has 2 aliphatic carbocycles. The Hall–Kier alpha value is -3.12. The van der Waals surface area contributed by atoms with Crippen LogP contribution in [-0.4, -0.2) is 25.3 Å². The molecule has 188 valence electrons. The molecule has 2 aromatic carbocycles. The summed E-state index contributed by atoms with van der Waals surface area (Å²) in [6, 6.07) is 14.4. The zero-order valence-electron chi connectivity index (χ0n) is 21.3. The molecule has 2 aliphatic rings. The van der Waals surface area contributed by atoms with Gasteiger partial charge in [0.2, 0.25) is 0 Å². The lowest BCUT2D eigenvalue weighted by Crippen LogP contribution is -2.26. The molecule has 0 bridgehead atoms. The molecule has 0 saturated heterocycles. The van der Waals surface area contributed by atoms with Gasteiger partial charge >= 0.3 is 0 Å². The van der Waals surface area contributed by atoms with Crippen LogP contribution >= 0.6 is 11.3 Å². The topological polar surface area (TPSA) is 59.9 Å². The van der Waals surface area contributed by atoms with Crippen LogP contribution in [0.3, 0.4) is 0 Å². The molecule has 1 fully saturated rings. The van der Waals surface area contributed by atoms with Crippen LogP contribution < -0.4 is 14.8 Å². The summed E-state index contributed by atoms with van der Waals surface area (Å²) < 4.78 is 11.6. The van der Waals surface area contributed by atoms with Crippen molar-refractivity contribution in [3.63, 3.8) is 0 Å². The van der Waals surface area contributed by atoms with E-state index in [0.29, 0.717) is 30.1 Å². The van der Waals surface area contributed by atoms with E-state index in [1.807, 2.05) is 24.4 Å². The minimum atomic E-state index is 0.0361. The monoisotopic (exact) mass is 502 g/mol. The average Bonchev–Trinajstić information content (AvgIpc) is 3.63. The third-order valence-corrected chi connectivity index (χ3v) is 8.26. The van der Waals surface area contributed by atoms with Gasteiger partial charge in [0.25, 0.3) is 5.91 Å². The summed E-state index contributed by atoms with van der Waals surface area (Å²) in [5.74, 6) is 2.09. The number of nitrogens with one attached hydrogen (secondary N) is 1. The number of methoxy groups -OCH3 is 1. The molecule has 0 spiro atoms. The van der Waals surface area contributed by atoms with Crippen molar-refractivity contribution in [3.05, 3.63) is 75.2 Å². The van der Waals surface area contributed by atoms with Crippen LogP contribution in [0.2, 0.25) is 0 Å². The summed E-state index contributed by atoms with van der Waals surface area (Å²) >= 11 is 1.68. The maximum absolute atomic E-state index is 13.2. The number of amides is 1. The van der Waals surface area contributed by atoms with Crippen LogP contribution in [0, 0.1) is 12.8 Å². The second-order valence-electron chi connectivity index (χ2n) is 9.89. The van der Waals surface area contributed by atoms with Crippen molar-refractivity contribution in [1.29, 1.82) is 0 Å². The minimum Gasteiger partial charge on any atom is -0.493 e. The third-order valence-electron chi connectivity index (χ3n) is 7.10. The normalized spacial score (nSPS) is 17.1. The first-order valence-corrected chi connectivity index (χ1v) is 13.7. The summed E-state index contributed by atoms with van der Waals surface area (Å²) in [4.78, 5) is 19.3. The summed E-state index contributed by atoms with van der Waals surface area (Å²) in [5, 5.41) is 4.00. The van der Waals surface area contributed by atoms with Gasteiger partial charge in [-0.05, 0) is 79.8 Å². The number of carbonyl (C=O) groups is 1. The van der Waals surface area contributed by atoms with Crippen molar-refractivity contribution in [2.45, 2.75) is 65.0 Å². The Morgan fingerprint density at radius 1 is 1.14 bits per heavy atom. The molecule has 1 saturated carbocycles. The van der Waals surface area contributed by atoms with Gasteiger partial charge in [0, 0.05) is 17.1 Å². The Morgan fingerprint density at radius 2 is 1.94 bits per heavy atom. The predicted octanol–water partition coefficient (Wildman–Crippen LogP) is 6.80. The molecule has 0 unspecified atom stereocenters. The quantitative estimate of drug-likeness (QED) is 0.327. The van der Waals surface area contributed by atoms with E-state index in [1.54, 1.807) is 18.4 Å². The number of aryl methyl sites for hydroxylation is 1. The molecule has 6 heteroatoms. The fraction of sp³-hybridized carbons (Fsp3) is 0.400. The highest BCUT2D eigenvalue weighted by Gasteiger charge is 2.31. The maximum Gasteiger partial charge on any atom is 0.254 e. The number of rotatable bonds is 9. The molecular formula is C30H34N2O3S. The Bertz CT molecular complexity index is 1260. The summed E-state index contributed by atoms with van der Waals surface area (Å²) in [6.45, 7) is 4.79. The lowest BCUT2D eigenvalue weighted by molar-refractivity contribution is 0.0951. The lowest BCUT2D eigenvalue weighted by Gasteiger charge is -2.21. The maximum atomic E-state index is 13.2. The molecule has 1 aromatic heterocycles. The van der Waals surface area contributed by atoms with Crippen molar-refractivity contribution in [1.82, 2.24) is 5.32 Å². The van der Waals surface area contributed by atoms with E-state index >= 15 is 0 Å². The van der Waals surface area contributed by atoms with E-state index < -0.39 is 0 Å². The highest BCUT2D eigenvalue weighted by molar-refractivity contribution is 7.16. The Kier molecular flexibility index (Phi) is 7.42. The van der Waals surface area contributed by atoms with Crippen molar-refractivity contribution in [3.8, 4) is 11.5 Å². The number of hydrogen-bond donors (Lipinski definition) is 1. The molecule has 5 nitrogen and oxygen atoms in total. The molecule has 1 N–H and O–H groups in total. The van der Waals surface area contributed by atoms with Crippen molar-refractivity contribution < 1.29 is 14.3 Å². The van der Waals surface area contributed by atoms with Crippen molar-refractivity contribution in [2.75, 3.05) is 7.11 Å². The molecule has 36 heavy (non-hydrogen) atoms. The second kappa shape index (κ2) is 10.9. The van der Waals surface area contributed by atoms with E-state index in [9.17, 15) is 4.79 Å². The van der Waals surface area contributed by atoms with E-state index in [4.69, 9.17) is 14.5 Å². The largest absolute Gasteiger partial charge is 0.493 e. The second-order valence-corrected chi connectivity index (χ2v) is 11.0. The first-order chi connectivity index (χ1) is 17.5. The molecule has 5 rings (SSSR count). The molecule has 3 aromatic rings. The van der Waals surface area contributed by atoms with Crippen molar-refractivity contribution >= 4 is 28.5 Å². The molecule has 0 aliphatic heterocycles. The standard InChI is InChI=1S/C30H34N2O3S/c1-4-20-9-13-24-27(16-20)36-30(28(24)29(33)32-23-11-12-23)31-17-22-10-14-25(34-3)26(15-22)35-18-21-7-5-19(2)6-8-21/h5-8,10,14-15,17,20,23H,4,9,11-13,16,18H2,1-3H3,(H,32,33)/t20-/m0/s1. The first kappa shape index (κ1) is 24.6. The zero-order valence-corrected chi connectivity index (χ0v) is 22.1. The molecule has 0 radical (unpaired) electrons. The van der Waals surface area contributed by atoms with Crippen LogP contribution in [0.15, 0.2) is 47.5 Å². The van der Waals surface area contributed by atoms with E-state index in [2.05, 4.69) is 43.4 Å². The predicted molar refractivity (Wildman–Crippen MR) is 146 cm³/mol. The highest BCUT2D eigenvalue weighted by Crippen LogP contribution is 2.42. The Labute approximate surface area is 217 Å². The van der Waals surface area contributed by atoms with Gasteiger partial charge < -0.3 is 14.8 Å². The number of fused-ring (bicyclic) bond motifs is 1. The number of nitrogens with zero attached hydrogens (tertiary/aromatic N) is 1. The van der Waals surface area contributed by atoms with Crippen LogP contribution in [0.4, 0.5) is 5.00 Å². The lowest BCUT2D eigenvalue weighted by atomic mass is 9.85. The van der Waals surface area contributed by atoms with Crippen LogP contribution in [0.25, 0.3) is 0 Å². The fourth-order valence-corrected chi connectivity index (χ4v) is 5.97. The number of hydrogen-bond acceptors (Lipinski definition) is 5. The number of benzene rings is 2. The number of thiophene rings is 1. The Balaban J connectivity index is 1.39. The van der Waals surface area contributed by atoms with E-state index in [0.717, 1.165) is 53.8 Å². The SMILES string of the molecule is CC[C@H]1CCc2c(sc(N=Cc3ccc(OC)c(OCc4ccc(C)cc4)c3)c2C(=O)NC2CC2)C1. The number of aliphatic imine (C=N–C) groups is 1. The van der Waals surface area contributed by atoms with Crippen LogP contribution in [-0.2, 0) is 19.4 Å². The van der Waals surface area contributed by atoms with Crippen molar-refractivity contribution in [2.24, 2.45) is 10.9 Å². The molecule has 1 atom stereocenters. The van der Waals surface area contributed by atoms with Gasteiger partial charge in [0.15, 0.2) is 11.5 Å². The summed E-state index contributed by atoms with van der Waals surface area (Å²) in [7, 11) is 1.65. The summed E-state index contributed by atoms with van der Waals surface area (Å²) in [6.07, 6.45) is 8.32. The van der Waals surface area contributed by atoms with Gasteiger partial charge in [0.05, 0.1) is 12.7 Å². The van der Waals surface area contributed by atoms with E-state index in [-0.39, 0.29) is 5.91 Å². The minimum absolute atomic E-state index is 0.0361. The third kappa shape index (κ3) is 5.65. The fourth-order valence-electron chi connectivity index (χ4n) is 4.66. The summed E-state index contributed by atoms with van der Waals surface area (Å²) in [5.41, 5.74) is 5.23.